The molecule has 6 fully saturated rings. The standard InChI is InChI=1S/C58H85N3O35S2/c1-20(2)52(78)81-17-35-32(93-95-57-41(70)39(68)44(47(90-57)50(74)75)88-54-28(59-23(5)63)13-31(92-80-8)34(16-62)84-54)14-30(61-25(7)65)56(85-35)89-45-40(69)42(71)58(91-48(45)51(76)77)96-94-33-15-29(60-24(6)64)55(87-43-38(67)37(66)22(4)83-46(43)49(72)73)86-36(33)18-82-53(79)21(3)19-98-27-11-9-26(97)10-12-27/h9-12,20-22,28-48,54-58,62,66-71,97H,13-19H2,1-8H3,(H,59,63)(H,60,64)(H,61,65)(H,72,73)(H,74,75)(H,76,77)/t21-,22?,28-,29-,30?,31-,32-,33-,34?,35-,36-,37?,38?,39?,40?,41?,42?,43+,44+,45+,46?,47?,48?,54-,55-,56-,57?,58?/m0/s1. The van der Waals surface area contributed by atoms with Gasteiger partial charge in [-0.15, -0.1) is 24.4 Å². The molecule has 0 saturated carbocycles. The summed E-state index contributed by atoms with van der Waals surface area (Å²) < 4.78 is 63.8. The van der Waals surface area contributed by atoms with E-state index >= 15 is 0 Å². The number of carboxylic acids is 3. The van der Waals surface area contributed by atoms with Crippen molar-refractivity contribution in [3.63, 3.8) is 0 Å². The van der Waals surface area contributed by atoms with Gasteiger partial charge in [-0.05, 0) is 31.2 Å². The number of esters is 2. The number of carboxylic acid groups (broad SMARTS) is 3. The molecule has 1 aromatic rings. The van der Waals surface area contributed by atoms with Gasteiger partial charge in [0.15, 0.2) is 37.2 Å². The van der Waals surface area contributed by atoms with Crippen molar-refractivity contribution in [1.82, 2.24) is 16.0 Å². The fourth-order valence-electron chi connectivity index (χ4n) is 11.1. The number of ether oxygens (including phenoxy) is 11. The molecule has 6 heterocycles. The lowest BCUT2D eigenvalue weighted by Gasteiger charge is -2.46. The second-order valence-corrected chi connectivity index (χ2v) is 25.8. The average Bonchev–Trinajstić information content (AvgIpc) is 0.801. The molecular formula is C58H85N3O35S2. The first-order valence-corrected chi connectivity index (χ1v) is 32.4. The van der Waals surface area contributed by atoms with Crippen LogP contribution in [0.3, 0.4) is 0 Å². The quantitative estimate of drug-likeness (QED) is 0.0114. The van der Waals surface area contributed by atoms with Crippen LogP contribution in [-0.2, 0) is 120 Å². The highest BCUT2D eigenvalue weighted by molar-refractivity contribution is 7.99. The number of aliphatic carboxylic acids is 3. The first kappa shape index (κ1) is 80.1. The number of amides is 3. The Bertz CT molecular complexity index is 2840. The van der Waals surface area contributed by atoms with Gasteiger partial charge in [0, 0.05) is 55.6 Å². The minimum atomic E-state index is -2.34. The summed E-state index contributed by atoms with van der Waals surface area (Å²) in [5.74, 6) is -10.2. The molecule has 28 atom stereocenters. The van der Waals surface area contributed by atoms with Crippen molar-refractivity contribution in [2.24, 2.45) is 11.8 Å². The minimum absolute atomic E-state index is 0.127. The minimum Gasteiger partial charge on any atom is -0.479 e. The van der Waals surface area contributed by atoms with E-state index in [0.29, 0.717) is 4.90 Å². The molecule has 0 spiro atoms. The van der Waals surface area contributed by atoms with Gasteiger partial charge in [-0.2, -0.15) is 0 Å². The van der Waals surface area contributed by atoms with Crippen LogP contribution in [0.5, 0.6) is 0 Å². The lowest BCUT2D eigenvalue weighted by atomic mass is 9.94. The summed E-state index contributed by atoms with van der Waals surface area (Å²) in [4.78, 5) is 136. The largest absolute Gasteiger partial charge is 0.479 e. The molecule has 3 amide bonds. The van der Waals surface area contributed by atoms with Crippen molar-refractivity contribution in [3.8, 4) is 0 Å². The monoisotopic (exact) mass is 1450 g/mol. The van der Waals surface area contributed by atoms with Gasteiger partial charge in [-0.25, -0.2) is 43.7 Å². The fraction of sp³-hybridized carbons (Fsp3) is 0.759. The number of rotatable bonds is 30. The van der Waals surface area contributed by atoms with E-state index < -0.39 is 258 Å². The van der Waals surface area contributed by atoms with Gasteiger partial charge in [0.2, 0.25) is 30.3 Å². The zero-order valence-electron chi connectivity index (χ0n) is 54.0. The van der Waals surface area contributed by atoms with E-state index in [1.807, 2.05) is 0 Å². The molecule has 6 aliphatic rings. The van der Waals surface area contributed by atoms with Gasteiger partial charge in [0.05, 0.1) is 49.8 Å². The number of hydrogen-bond acceptors (Lipinski definition) is 34. The predicted octanol–water partition coefficient (Wildman–Crippen LogP) is -4.31. The van der Waals surface area contributed by atoms with E-state index in [4.69, 9.17) is 81.4 Å². The zero-order valence-corrected chi connectivity index (χ0v) is 55.7. The van der Waals surface area contributed by atoms with Gasteiger partial charge in [0.1, 0.15) is 105 Å². The topological polar surface area (TPSA) is 532 Å². The predicted molar refractivity (Wildman–Crippen MR) is 319 cm³/mol. The first-order valence-electron chi connectivity index (χ1n) is 31.0. The maximum atomic E-state index is 13.5. The SMILES string of the molecule is COO[C@H]1C[C@H](NC(C)=O)[C@H](O[C@H]2C(C(=O)O)OC(OO[C@H]3CC(NC(C)=O)[C@H](O[C@H]4C(C(=O)O)OC(OO[C@H]5C[C@H](NC(C)=O)[C@H](O[C@H]6C(C(=O)O)OC(C)C(O)C6O)O[C@H]5COC(=O)[C@@H](C)CSc5ccc(S)cc5)C(O)C4O)O[C@H]3COC(=O)C(C)C)C(O)C2O)OC1CO. The molecule has 14 unspecified atom stereocenters. The molecule has 40 heteroatoms. The lowest BCUT2D eigenvalue weighted by molar-refractivity contribution is -0.461. The van der Waals surface area contributed by atoms with E-state index in [9.17, 15) is 89.4 Å². The first-order chi connectivity index (χ1) is 46.3. The van der Waals surface area contributed by atoms with Crippen LogP contribution >= 0.6 is 24.4 Å². The van der Waals surface area contributed by atoms with Gasteiger partial charge >= 0.3 is 29.8 Å². The number of nitrogens with one attached hydrogen (secondary N) is 3. The fourth-order valence-corrected chi connectivity index (χ4v) is 12.2. The van der Waals surface area contributed by atoms with Crippen LogP contribution in [-0.4, -0.2) is 297 Å². The Balaban J connectivity index is 1.07. The Hall–Kier alpha value is -5.20. The van der Waals surface area contributed by atoms with Crippen LogP contribution < -0.4 is 16.0 Å². The van der Waals surface area contributed by atoms with E-state index in [1.54, 1.807) is 31.2 Å². The Morgan fingerprint density at radius 3 is 1.28 bits per heavy atom. The van der Waals surface area contributed by atoms with Crippen LogP contribution in [0, 0.1) is 11.8 Å². The third-order valence-corrected chi connectivity index (χ3v) is 17.8. The van der Waals surface area contributed by atoms with E-state index in [1.165, 1.54) is 39.6 Å². The Labute approximate surface area is 568 Å². The Morgan fingerprint density at radius 2 is 0.898 bits per heavy atom. The lowest BCUT2D eigenvalue weighted by Crippen LogP contribution is -2.65. The van der Waals surface area contributed by atoms with Gasteiger partial charge in [-0.1, -0.05) is 20.8 Å². The number of thiol groups is 1. The number of hydrogen-bond donors (Lipinski definition) is 14. The van der Waals surface area contributed by atoms with Crippen LogP contribution in [0.15, 0.2) is 34.1 Å². The Kier molecular flexibility index (Phi) is 29.9. The summed E-state index contributed by atoms with van der Waals surface area (Å²) in [5.41, 5.74) is 0. The molecule has 0 aliphatic carbocycles. The third-order valence-electron chi connectivity index (χ3n) is 16.2. The van der Waals surface area contributed by atoms with Crippen LogP contribution in [0.25, 0.3) is 0 Å². The maximum Gasteiger partial charge on any atom is 0.335 e. The summed E-state index contributed by atoms with van der Waals surface area (Å²) in [7, 11) is 1.18. The Morgan fingerprint density at radius 1 is 0.520 bits per heavy atom. The van der Waals surface area contributed by atoms with Crippen LogP contribution in [0.2, 0.25) is 0 Å². The molecule has 0 aromatic heterocycles. The van der Waals surface area contributed by atoms with Crippen molar-refractivity contribution >= 4 is 72.0 Å². The highest BCUT2D eigenvalue weighted by atomic mass is 32.2. The van der Waals surface area contributed by atoms with Crippen molar-refractivity contribution in [1.29, 1.82) is 0 Å². The third kappa shape index (κ3) is 21.0. The smallest absolute Gasteiger partial charge is 0.335 e. The van der Waals surface area contributed by atoms with E-state index in [-0.39, 0.29) is 12.2 Å². The molecule has 554 valence electrons. The maximum absolute atomic E-state index is 13.5. The number of aliphatic hydroxyl groups is 7. The number of benzene rings is 1. The number of thioether (sulfide) groups is 1. The summed E-state index contributed by atoms with van der Waals surface area (Å²) in [6.45, 7) is 7.03. The van der Waals surface area contributed by atoms with Crippen molar-refractivity contribution in [3.05, 3.63) is 24.3 Å². The number of aliphatic hydroxyl groups excluding tert-OH is 7. The molecule has 13 N–H and O–H groups in total. The van der Waals surface area contributed by atoms with Gasteiger partial charge < -0.3 is 119 Å². The molecule has 0 radical (unpaired) electrons. The molecule has 38 nitrogen and oxygen atoms in total. The average molecular weight is 1450 g/mol. The van der Waals surface area contributed by atoms with Crippen LogP contribution in [0.1, 0.15) is 67.7 Å². The molecule has 7 rings (SSSR count). The molecule has 0 bridgehead atoms. The molecule has 98 heavy (non-hydrogen) atoms. The number of carbonyl (C=O) groups excluding carboxylic acids is 5. The summed E-state index contributed by atoms with van der Waals surface area (Å²) in [6, 6.07) is 3.14. The normalized spacial score (nSPS) is 37.8. The second-order valence-electron chi connectivity index (χ2n) is 24.2. The van der Waals surface area contributed by atoms with Crippen molar-refractivity contribution in [2.75, 3.05) is 32.7 Å². The highest BCUT2D eigenvalue weighted by Crippen LogP contribution is 2.37. The van der Waals surface area contributed by atoms with Gasteiger partial charge in [-0.3, -0.25) is 24.0 Å². The van der Waals surface area contributed by atoms with E-state index in [0.717, 1.165) is 25.7 Å². The van der Waals surface area contributed by atoms with E-state index in [2.05, 4.69) is 28.6 Å². The van der Waals surface area contributed by atoms with Gasteiger partial charge in [0.25, 0.3) is 0 Å². The number of carbonyl (C=O) groups is 8. The second kappa shape index (κ2) is 36.6. The summed E-state index contributed by atoms with van der Waals surface area (Å²) in [5, 5.41) is 117. The molecule has 6 saturated heterocycles. The van der Waals surface area contributed by atoms with Crippen LogP contribution in [0.4, 0.5) is 0 Å². The summed E-state index contributed by atoms with van der Waals surface area (Å²) in [6.07, 6.45) is -45.5. The molecule has 1 aromatic carbocycles. The van der Waals surface area contributed by atoms with Crippen molar-refractivity contribution in [2.45, 2.75) is 243 Å². The van der Waals surface area contributed by atoms with Crippen molar-refractivity contribution < 1.29 is 171 Å². The summed E-state index contributed by atoms with van der Waals surface area (Å²) >= 11 is 5.61. The molecule has 6 aliphatic heterocycles. The highest BCUT2D eigenvalue weighted by Gasteiger charge is 2.57. The molecular weight excluding hydrogens is 1360 g/mol. The zero-order chi connectivity index (χ0) is 72.1.